The second-order valence-electron chi connectivity index (χ2n) is 8.05. The molecule has 0 bridgehead atoms. The number of ether oxygens (including phenoxy) is 1. The zero-order chi connectivity index (χ0) is 24.1. The average molecular weight is 486 g/mol. The number of amides is 1. The molecule has 0 aliphatic carbocycles. The van der Waals surface area contributed by atoms with Crippen LogP contribution in [0.15, 0.2) is 24.4 Å². The summed E-state index contributed by atoms with van der Waals surface area (Å²) < 4.78 is 5.19. The summed E-state index contributed by atoms with van der Waals surface area (Å²) in [6.07, 6.45) is 0.895. The van der Waals surface area contributed by atoms with Crippen molar-refractivity contribution in [3.8, 4) is 0 Å². The number of alkyl carbamates (subject to hydrolysis) is 1. The lowest BCUT2D eigenvalue weighted by atomic mass is 9.95. The van der Waals surface area contributed by atoms with Crippen molar-refractivity contribution in [2.45, 2.75) is 38.6 Å². The lowest BCUT2D eigenvalue weighted by Gasteiger charge is -2.43. The molecule has 0 spiro atoms. The summed E-state index contributed by atoms with van der Waals surface area (Å²) in [7, 11) is 0. The summed E-state index contributed by atoms with van der Waals surface area (Å²) >= 11 is 12.5. The molecule has 32 heavy (non-hydrogen) atoms. The highest BCUT2D eigenvalue weighted by atomic mass is 35.5. The van der Waals surface area contributed by atoms with Gasteiger partial charge in [-0.1, -0.05) is 35.3 Å². The molecule has 2 rings (SSSR count). The lowest BCUT2D eigenvalue weighted by molar-refractivity contribution is -0.140. The molecule has 0 fully saturated rings. The summed E-state index contributed by atoms with van der Waals surface area (Å²) in [5, 5.41) is 12.3. The van der Waals surface area contributed by atoms with Crippen molar-refractivity contribution in [1.29, 1.82) is 0 Å². The van der Waals surface area contributed by atoms with Gasteiger partial charge in [-0.25, -0.2) is 4.79 Å². The van der Waals surface area contributed by atoms with E-state index in [1.54, 1.807) is 39.0 Å². The molecule has 11 heteroatoms. The van der Waals surface area contributed by atoms with E-state index in [-0.39, 0.29) is 23.1 Å². The summed E-state index contributed by atoms with van der Waals surface area (Å²) in [6, 6.07) is 3.94. The molecule has 2 atom stereocenters. The number of hydrogen-bond donors (Lipinski definition) is 2. The van der Waals surface area contributed by atoms with Crippen LogP contribution in [0.3, 0.4) is 0 Å². The molecule has 2 N–H and O–H groups in total. The van der Waals surface area contributed by atoms with Gasteiger partial charge in [-0.3, -0.25) is 14.5 Å². The highest BCUT2D eigenvalue weighted by molar-refractivity contribution is 6.43. The first kappa shape index (κ1) is 25.6. The number of carboxylic acids is 1. The van der Waals surface area contributed by atoms with E-state index in [1.165, 1.54) is 16.0 Å². The molecule has 1 aromatic carbocycles. The Labute approximate surface area is 195 Å². The number of carboxylic acid groups (broad SMARTS) is 1. The Morgan fingerprint density at radius 2 is 1.91 bits per heavy atom. The van der Waals surface area contributed by atoms with Gasteiger partial charge in [-0.15, -0.1) is 0 Å². The third-order valence-corrected chi connectivity index (χ3v) is 5.35. The van der Waals surface area contributed by atoms with Crippen molar-refractivity contribution in [3.05, 3.63) is 40.0 Å². The van der Waals surface area contributed by atoms with E-state index in [1.807, 2.05) is 0 Å². The highest BCUT2D eigenvalue weighted by Crippen LogP contribution is 2.36. The summed E-state index contributed by atoms with van der Waals surface area (Å²) in [4.78, 5) is 50.1. The largest absolute Gasteiger partial charge is 0.480 e. The van der Waals surface area contributed by atoms with Gasteiger partial charge in [0.2, 0.25) is 0 Å². The molecule has 9 nitrogen and oxygen atoms in total. The van der Waals surface area contributed by atoms with Crippen LogP contribution in [0, 0.1) is 0 Å². The molecular weight excluding hydrogens is 461 g/mol. The second-order valence-corrected chi connectivity index (χ2v) is 8.83. The van der Waals surface area contributed by atoms with Crippen LogP contribution in [0.5, 0.6) is 0 Å². The zero-order valence-corrected chi connectivity index (χ0v) is 19.4. The summed E-state index contributed by atoms with van der Waals surface area (Å²) in [5.41, 5.74) is 0.119. The van der Waals surface area contributed by atoms with E-state index in [2.05, 4.69) is 5.32 Å². The monoisotopic (exact) mass is 485 g/mol. The van der Waals surface area contributed by atoms with E-state index < -0.39 is 36.4 Å². The minimum absolute atomic E-state index is 0.0427. The fourth-order valence-corrected chi connectivity index (χ4v) is 3.71. The van der Waals surface area contributed by atoms with Crippen LogP contribution in [0.4, 0.5) is 4.79 Å². The molecule has 1 heterocycles. The number of nitrogens with zero attached hydrogens (tertiary/aromatic N) is 2. The van der Waals surface area contributed by atoms with Crippen LogP contribution >= 0.6 is 23.2 Å². The third kappa shape index (κ3) is 6.44. The molecule has 0 saturated heterocycles. The topological polar surface area (TPSA) is 116 Å². The maximum absolute atomic E-state index is 12.1. The Balaban J connectivity index is 2.38. The summed E-state index contributed by atoms with van der Waals surface area (Å²) in [5.74, 6) is -1.17. The predicted octanol–water partition coefficient (Wildman–Crippen LogP) is 2.65. The lowest BCUT2D eigenvalue weighted by Crippen LogP contribution is -2.58. The van der Waals surface area contributed by atoms with E-state index in [0.29, 0.717) is 23.7 Å². The highest BCUT2D eigenvalue weighted by Gasteiger charge is 2.38. The molecule has 0 aromatic heterocycles. The Kier molecular flexibility index (Phi) is 8.65. The van der Waals surface area contributed by atoms with Crippen molar-refractivity contribution in [3.63, 3.8) is 0 Å². The average Bonchev–Trinajstić information content (AvgIpc) is 2.68. The van der Waals surface area contributed by atoms with Crippen molar-refractivity contribution >= 4 is 53.4 Å². The van der Waals surface area contributed by atoms with Crippen molar-refractivity contribution < 1.29 is 29.0 Å². The Bertz CT molecular complexity index is 915. The van der Waals surface area contributed by atoms with Gasteiger partial charge in [0.25, 0.3) is 0 Å². The Morgan fingerprint density at radius 1 is 1.22 bits per heavy atom. The van der Waals surface area contributed by atoms with E-state index in [4.69, 9.17) is 27.9 Å². The SMILES string of the molecule is CC(C)(C)OC(=O)NCCN1C(C=O)C(c2cccc(Cl)c2Cl)=CN(CC(=O)O)C1C=O. The first-order chi connectivity index (χ1) is 15.0. The molecule has 0 radical (unpaired) electrons. The third-order valence-electron chi connectivity index (χ3n) is 4.53. The number of carbonyl (C=O) groups excluding carboxylic acids is 3. The molecule has 174 valence electrons. The van der Waals surface area contributed by atoms with E-state index in [0.717, 1.165) is 0 Å². The van der Waals surface area contributed by atoms with Gasteiger partial charge in [0.05, 0.1) is 16.1 Å². The number of aldehydes is 2. The van der Waals surface area contributed by atoms with Gasteiger partial charge < -0.3 is 24.9 Å². The van der Waals surface area contributed by atoms with Crippen LogP contribution < -0.4 is 5.32 Å². The van der Waals surface area contributed by atoms with Gasteiger partial charge >= 0.3 is 12.1 Å². The van der Waals surface area contributed by atoms with Crippen LogP contribution in [0.1, 0.15) is 26.3 Å². The van der Waals surface area contributed by atoms with Crippen molar-refractivity contribution in [1.82, 2.24) is 15.1 Å². The minimum Gasteiger partial charge on any atom is -0.480 e. The van der Waals surface area contributed by atoms with Crippen molar-refractivity contribution in [2.24, 2.45) is 0 Å². The van der Waals surface area contributed by atoms with Crippen LogP contribution in [0.2, 0.25) is 10.0 Å². The van der Waals surface area contributed by atoms with E-state index in [9.17, 15) is 24.3 Å². The van der Waals surface area contributed by atoms with Crippen LogP contribution in [-0.4, -0.2) is 77.0 Å². The quantitative estimate of drug-likeness (QED) is 0.539. The van der Waals surface area contributed by atoms with Gasteiger partial charge in [0.15, 0.2) is 6.29 Å². The Hall–Kier alpha value is -2.62. The fraction of sp³-hybridized carbons (Fsp3) is 0.429. The van der Waals surface area contributed by atoms with Gasteiger partial charge in [0.1, 0.15) is 24.6 Å². The normalized spacial score (nSPS) is 19.2. The fourth-order valence-electron chi connectivity index (χ4n) is 3.30. The first-order valence-electron chi connectivity index (χ1n) is 9.75. The van der Waals surface area contributed by atoms with Gasteiger partial charge in [-0.05, 0) is 26.8 Å². The van der Waals surface area contributed by atoms with E-state index >= 15 is 0 Å². The van der Waals surface area contributed by atoms with Crippen LogP contribution in [-0.2, 0) is 19.1 Å². The molecule has 1 aliphatic heterocycles. The zero-order valence-electron chi connectivity index (χ0n) is 17.9. The minimum atomic E-state index is -1.17. The molecule has 0 saturated carbocycles. The first-order valence-corrected chi connectivity index (χ1v) is 10.5. The standard InChI is InChI=1S/C21H25Cl2N3O6/c1-21(2,3)32-20(31)24-7-8-26-16(11-27)14(13-5-4-6-15(22)19(13)23)9-25(10-18(29)30)17(26)12-28/h4-6,9,11-12,16-17H,7-8,10H2,1-3H3,(H,24,31)(H,29,30). The second kappa shape index (κ2) is 10.8. The molecule has 1 aliphatic rings. The number of aliphatic carboxylic acids is 1. The van der Waals surface area contributed by atoms with Gasteiger partial charge in [-0.2, -0.15) is 0 Å². The number of hydrogen-bond acceptors (Lipinski definition) is 7. The maximum Gasteiger partial charge on any atom is 0.407 e. The number of nitrogens with one attached hydrogen (secondary N) is 1. The Morgan fingerprint density at radius 3 is 2.47 bits per heavy atom. The summed E-state index contributed by atoms with van der Waals surface area (Å²) in [6.45, 7) is 4.76. The molecule has 1 aromatic rings. The number of halogens is 2. The number of benzene rings is 1. The maximum atomic E-state index is 12.1. The number of rotatable bonds is 8. The molecule has 1 amide bonds. The molecule has 2 unspecified atom stereocenters. The predicted molar refractivity (Wildman–Crippen MR) is 119 cm³/mol. The molecular formula is C21H25Cl2N3O6. The van der Waals surface area contributed by atoms with Crippen LogP contribution in [0.25, 0.3) is 5.57 Å². The number of carbonyl (C=O) groups is 4. The smallest absolute Gasteiger partial charge is 0.407 e. The van der Waals surface area contributed by atoms with Crippen molar-refractivity contribution in [2.75, 3.05) is 19.6 Å². The van der Waals surface area contributed by atoms with Gasteiger partial charge in [0, 0.05) is 30.4 Å².